The zero-order chi connectivity index (χ0) is 12.4. The Balaban J connectivity index is 2.43. The lowest BCUT2D eigenvalue weighted by Gasteiger charge is -2.08. The number of carbonyl (C=O) groups is 1. The summed E-state index contributed by atoms with van der Waals surface area (Å²) >= 11 is 0. The molecule has 2 rings (SSSR count). The summed E-state index contributed by atoms with van der Waals surface area (Å²) in [6.45, 7) is 1.46. The van der Waals surface area contributed by atoms with Gasteiger partial charge in [0.15, 0.2) is 11.9 Å². The van der Waals surface area contributed by atoms with Crippen LogP contribution in [0.15, 0.2) is 24.3 Å². The van der Waals surface area contributed by atoms with Gasteiger partial charge in [-0.15, -0.1) is 5.10 Å². The molecule has 0 amide bonds. The number of rotatable bonds is 3. The molecule has 1 atom stereocenters. The largest absolute Gasteiger partial charge is 0.480 e. The monoisotopic (exact) mass is 236 g/mol. The maximum atomic E-state index is 12.8. The van der Waals surface area contributed by atoms with Gasteiger partial charge in [-0.05, 0) is 41.6 Å². The lowest BCUT2D eigenvalue weighted by atomic mass is 10.2. The third kappa shape index (κ3) is 2.12. The highest BCUT2D eigenvalue weighted by Crippen LogP contribution is 2.19. The third-order valence-corrected chi connectivity index (χ3v) is 2.32. The Labute approximate surface area is 95.7 Å². The summed E-state index contributed by atoms with van der Waals surface area (Å²) in [5.74, 6) is -1.13. The Kier molecular flexibility index (Phi) is 2.82. The fourth-order valence-corrected chi connectivity index (χ4v) is 1.35. The predicted molar refractivity (Wildman–Crippen MR) is 55.6 cm³/mol. The Hall–Kier alpha value is -2.31. The molecule has 1 aromatic heterocycles. The molecule has 7 heteroatoms. The van der Waals surface area contributed by atoms with Gasteiger partial charge in [0.05, 0.1) is 0 Å². The van der Waals surface area contributed by atoms with Crippen LogP contribution >= 0.6 is 0 Å². The number of aliphatic carboxylic acids is 1. The average Bonchev–Trinajstić information content (AvgIpc) is 2.77. The summed E-state index contributed by atoms with van der Waals surface area (Å²) in [7, 11) is 0. The molecule has 17 heavy (non-hydrogen) atoms. The maximum Gasteiger partial charge on any atom is 0.328 e. The van der Waals surface area contributed by atoms with Crippen molar-refractivity contribution in [2.75, 3.05) is 0 Å². The van der Waals surface area contributed by atoms with E-state index in [0.717, 1.165) is 0 Å². The van der Waals surface area contributed by atoms with Gasteiger partial charge in [0.2, 0.25) is 0 Å². The van der Waals surface area contributed by atoms with Crippen LogP contribution in [0.5, 0.6) is 0 Å². The molecule has 88 valence electrons. The van der Waals surface area contributed by atoms with E-state index in [-0.39, 0.29) is 5.82 Å². The summed E-state index contributed by atoms with van der Waals surface area (Å²) in [5.41, 5.74) is 0.560. The van der Waals surface area contributed by atoms with Crippen LogP contribution in [0, 0.1) is 5.82 Å². The summed E-state index contributed by atoms with van der Waals surface area (Å²) in [4.78, 5) is 10.9. The van der Waals surface area contributed by atoms with Crippen LogP contribution in [0.4, 0.5) is 4.39 Å². The number of tetrazole rings is 1. The van der Waals surface area contributed by atoms with Gasteiger partial charge in [-0.25, -0.2) is 13.9 Å². The Morgan fingerprint density at radius 2 is 2.06 bits per heavy atom. The molecule has 0 saturated carbocycles. The van der Waals surface area contributed by atoms with Gasteiger partial charge in [0.25, 0.3) is 0 Å². The molecule has 0 radical (unpaired) electrons. The number of carboxylic acid groups (broad SMARTS) is 1. The highest BCUT2D eigenvalue weighted by Gasteiger charge is 2.19. The van der Waals surface area contributed by atoms with Crippen molar-refractivity contribution in [3.05, 3.63) is 30.1 Å². The second-order valence-electron chi connectivity index (χ2n) is 3.47. The highest BCUT2D eigenvalue weighted by atomic mass is 19.1. The van der Waals surface area contributed by atoms with Crippen molar-refractivity contribution in [2.24, 2.45) is 0 Å². The maximum absolute atomic E-state index is 12.8. The van der Waals surface area contributed by atoms with E-state index in [2.05, 4.69) is 15.5 Å². The third-order valence-electron chi connectivity index (χ3n) is 2.32. The van der Waals surface area contributed by atoms with E-state index in [1.165, 1.54) is 35.9 Å². The molecule has 6 nitrogen and oxygen atoms in total. The number of halogens is 1. The Morgan fingerprint density at radius 3 is 2.65 bits per heavy atom. The number of hydrogen-bond donors (Lipinski definition) is 1. The van der Waals surface area contributed by atoms with Gasteiger partial charge in [-0.1, -0.05) is 0 Å². The van der Waals surface area contributed by atoms with E-state index >= 15 is 0 Å². The summed E-state index contributed by atoms with van der Waals surface area (Å²) in [5, 5.41) is 19.7. The van der Waals surface area contributed by atoms with Crippen LogP contribution < -0.4 is 0 Å². The van der Waals surface area contributed by atoms with Crippen LogP contribution in [0.1, 0.15) is 13.0 Å². The first-order valence-corrected chi connectivity index (χ1v) is 4.86. The normalized spacial score (nSPS) is 12.4. The first kappa shape index (κ1) is 11.2. The molecule has 0 spiro atoms. The smallest absolute Gasteiger partial charge is 0.328 e. The fraction of sp³-hybridized carbons (Fsp3) is 0.200. The molecule has 0 saturated heterocycles. The van der Waals surface area contributed by atoms with Crippen molar-refractivity contribution in [1.29, 1.82) is 0 Å². The summed E-state index contributed by atoms with van der Waals surface area (Å²) in [6.07, 6.45) is 0. The van der Waals surface area contributed by atoms with Crippen LogP contribution in [-0.2, 0) is 4.79 Å². The first-order valence-electron chi connectivity index (χ1n) is 4.86. The highest BCUT2D eigenvalue weighted by molar-refractivity contribution is 5.72. The van der Waals surface area contributed by atoms with Gasteiger partial charge in [-0.3, -0.25) is 0 Å². The lowest BCUT2D eigenvalue weighted by Crippen LogP contribution is -2.18. The second-order valence-corrected chi connectivity index (χ2v) is 3.47. The van der Waals surface area contributed by atoms with Gasteiger partial charge in [-0.2, -0.15) is 0 Å². The molecule has 1 N–H and O–H groups in total. The lowest BCUT2D eigenvalue weighted by molar-refractivity contribution is -0.140. The predicted octanol–water partition coefficient (Wildman–Crippen LogP) is 1.12. The molecule has 1 heterocycles. The summed E-state index contributed by atoms with van der Waals surface area (Å²) < 4.78 is 13.9. The van der Waals surface area contributed by atoms with Crippen molar-refractivity contribution in [2.45, 2.75) is 13.0 Å². The first-order chi connectivity index (χ1) is 8.09. The van der Waals surface area contributed by atoms with Crippen LogP contribution in [0.2, 0.25) is 0 Å². The Morgan fingerprint density at radius 1 is 1.41 bits per heavy atom. The Bertz CT molecular complexity index is 537. The molecule has 2 aromatic rings. The van der Waals surface area contributed by atoms with Gasteiger partial charge in [0.1, 0.15) is 5.82 Å². The number of aromatic nitrogens is 4. The quantitative estimate of drug-likeness (QED) is 0.863. The van der Waals surface area contributed by atoms with Crippen LogP contribution in [0.3, 0.4) is 0 Å². The van der Waals surface area contributed by atoms with E-state index in [1.54, 1.807) is 0 Å². The van der Waals surface area contributed by atoms with Crippen LogP contribution in [-0.4, -0.2) is 31.3 Å². The van der Waals surface area contributed by atoms with Crippen molar-refractivity contribution in [1.82, 2.24) is 20.2 Å². The van der Waals surface area contributed by atoms with E-state index in [1.807, 2.05) is 0 Å². The topological polar surface area (TPSA) is 80.9 Å². The van der Waals surface area contributed by atoms with E-state index in [9.17, 15) is 9.18 Å². The molecule has 1 unspecified atom stereocenters. The molecule has 0 bridgehead atoms. The van der Waals surface area contributed by atoms with Crippen molar-refractivity contribution in [3.63, 3.8) is 0 Å². The molecule has 1 aromatic carbocycles. The number of hydrogen-bond acceptors (Lipinski definition) is 4. The van der Waals surface area contributed by atoms with Gasteiger partial charge in [0, 0.05) is 5.56 Å². The van der Waals surface area contributed by atoms with Crippen molar-refractivity contribution >= 4 is 5.97 Å². The number of benzene rings is 1. The van der Waals surface area contributed by atoms with Crippen molar-refractivity contribution in [3.8, 4) is 11.4 Å². The average molecular weight is 236 g/mol. The standard InChI is InChI=1S/C10H9FN4O2/c1-6(10(16)17)15-9(12-13-14-15)7-2-4-8(11)5-3-7/h2-6H,1H3,(H,16,17). The SMILES string of the molecule is CC(C(=O)O)n1nnnc1-c1ccc(F)cc1. The van der Waals surface area contributed by atoms with Crippen molar-refractivity contribution < 1.29 is 14.3 Å². The zero-order valence-electron chi connectivity index (χ0n) is 8.91. The minimum absolute atomic E-state index is 0.292. The molecule has 0 fully saturated rings. The van der Waals surface area contributed by atoms with Gasteiger partial charge >= 0.3 is 5.97 Å². The fourth-order valence-electron chi connectivity index (χ4n) is 1.35. The minimum atomic E-state index is -1.04. The number of nitrogens with zero attached hydrogens (tertiary/aromatic N) is 4. The molecule has 0 aliphatic heterocycles. The molecule has 0 aliphatic rings. The van der Waals surface area contributed by atoms with E-state index in [0.29, 0.717) is 11.4 Å². The van der Waals surface area contributed by atoms with E-state index in [4.69, 9.17) is 5.11 Å². The summed E-state index contributed by atoms with van der Waals surface area (Å²) in [6, 6.07) is 4.63. The number of carboxylic acids is 1. The van der Waals surface area contributed by atoms with Crippen LogP contribution in [0.25, 0.3) is 11.4 Å². The van der Waals surface area contributed by atoms with E-state index < -0.39 is 12.0 Å². The zero-order valence-corrected chi connectivity index (χ0v) is 8.91. The van der Waals surface area contributed by atoms with Gasteiger partial charge < -0.3 is 5.11 Å². The molecular weight excluding hydrogens is 227 g/mol. The second kappa shape index (κ2) is 4.28. The molecule has 0 aliphatic carbocycles. The minimum Gasteiger partial charge on any atom is -0.480 e. The molecular formula is C10H9FN4O2.